The first-order valence-corrected chi connectivity index (χ1v) is 5.31. The van der Waals surface area contributed by atoms with Crippen LogP contribution in [0.25, 0.3) is 0 Å². The molecule has 0 aliphatic rings. The van der Waals surface area contributed by atoms with Gasteiger partial charge in [-0.2, -0.15) is 0 Å². The summed E-state index contributed by atoms with van der Waals surface area (Å²) in [5.41, 5.74) is 6.35. The smallest absolute Gasteiger partial charge is 0.230 e. The molecule has 4 nitrogen and oxygen atoms in total. The van der Waals surface area contributed by atoms with Crippen LogP contribution in [0.15, 0.2) is 0 Å². The third-order valence-electron chi connectivity index (χ3n) is 2.06. The van der Waals surface area contributed by atoms with E-state index >= 15 is 0 Å². The highest BCUT2D eigenvalue weighted by molar-refractivity contribution is 7.15. The van der Waals surface area contributed by atoms with Crippen molar-refractivity contribution in [3.05, 3.63) is 10.6 Å². The number of hydrogen-bond acceptors (Lipinski definition) is 4. The summed E-state index contributed by atoms with van der Waals surface area (Å²) < 4.78 is 0. The van der Waals surface area contributed by atoms with Crippen molar-refractivity contribution in [2.24, 2.45) is 11.7 Å². The average molecular weight is 213 g/mol. The molecule has 14 heavy (non-hydrogen) atoms. The van der Waals surface area contributed by atoms with Crippen LogP contribution < -0.4 is 11.1 Å². The summed E-state index contributed by atoms with van der Waals surface area (Å²) in [6.07, 6.45) is 0. The minimum Gasteiger partial charge on any atom is -0.330 e. The van der Waals surface area contributed by atoms with Crippen LogP contribution in [0.4, 0.5) is 5.13 Å². The Balaban J connectivity index is 2.65. The number of amides is 1. The van der Waals surface area contributed by atoms with Crippen LogP contribution in [-0.4, -0.2) is 17.4 Å². The second-order valence-corrected chi connectivity index (χ2v) is 4.49. The predicted molar refractivity (Wildman–Crippen MR) is 58.4 cm³/mol. The van der Waals surface area contributed by atoms with E-state index in [1.165, 1.54) is 11.3 Å². The highest BCUT2D eigenvalue weighted by Crippen LogP contribution is 2.21. The predicted octanol–water partition coefficient (Wildman–Crippen LogP) is 1.29. The van der Waals surface area contributed by atoms with Gasteiger partial charge in [-0.1, -0.05) is 6.92 Å². The van der Waals surface area contributed by atoms with Gasteiger partial charge in [0.05, 0.1) is 5.69 Å². The molecule has 0 aliphatic heterocycles. The Morgan fingerprint density at radius 2 is 2.29 bits per heavy atom. The Bertz CT molecular complexity index is 315. The SMILES string of the molecule is Cc1nc(NC(=O)C(C)CN)sc1C. The molecule has 1 aromatic rings. The maximum Gasteiger partial charge on any atom is 0.230 e. The fourth-order valence-electron chi connectivity index (χ4n) is 0.862. The molecule has 1 amide bonds. The molecule has 3 N–H and O–H groups in total. The molecule has 1 unspecified atom stereocenters. The van der Waals surface area contributed by atoms with Crippen LogP contribution in [0.2, 0.25) is 0 Å². The third kappa shape index (κ3) is 2.52. The Morgan fingerprint density at radius 3 is 2.71 bits per heavy atom. The molecule has 78 valence electrons. The van der Waals surface area contributed by atoms with E-state index in [4.69, 9.17) is 5.73 Å². The lowest BCUT2D eigenvalue weighted by atomic mass is 10.2. The lowest BCUT2D eigenvalue weighted by Crippen LogP contribution is -2.26. The number of nitrogens with two attached hydrogens (primary N) is 1. The lowest BCUT2D eigenvalue weighted by molar-refractivity contribution is -0.119. The van der Waals surface area contributed by atoms with Crippen molar-refractivity contribution >= 4 is 22.4 Å². The number of carbonyl (C=O) groups excluding carboxylic acids is 1. The zero-order chi connectivity index (χ0) is 10.7. The summed E-state index contributed by atoms with van der Waals surface area (Å²) in [5.74, 6) is -0.235. The van der Waals surface area contributed by atoms with Crippen LogP contribution in [-0.2, 0) is 4.79 Å². The molecule has 0 bridgehead atoms. The number of aryl methyl sites for hydroxylation is 2. The van der Waals surface area contributed by atoms with Crippen molar-refractivity contribution in [2.45, 2.75) is 20.8 Å². The van der Waals surface area contributed by atoms with Gasteiger partial charge in [-0.05, 0) is 13.8 Å². The van der Waals surface area contributed by atoms with Gasteiger partial charge < -0.3 is 11.1 Å². The zero-order valence-corrected chi connectivity index (χ0v) is 9.44. The third-order valence-corrected chi connectivity index (χ3v) is 3.05. The van der Waals surface area contributed by atoms with Gasteiger partial charge in [-0.3, -0.25) is 4.79 Å². The fraction of sp³-hybridized carbons (Fsp3) is 0.556. The standard InChI is InChI=1S/C9H15N3OS/c1-5(4-10)8(13)12-9-11-6(2)7(3)14-9/h5H,4,10H2,1-3H3,(H,11,12,13). The topological polar surface area (TPSA) is 68.0 Å². The van der Waals surface area contributed by atoms with E-state index in [2.05, 4.69) is 10.3 Å². The molecule has 0 radical (unpaired) electrons. The van der Waals surface area contributed by atoms with Crippen LogP contribution in [0.3, 0.4) is 0 Å². The number of rotatable bonds is 3. The van der Waals surface area contributed by atoms with Gasteiger partial charge in [0.25, 0.3) is 0 Å². The van der Waals surface area contributed by atoms with Crippen molar-refractivity contribution in [2.75, 3.05) is 11.9 Å². The summed E-state index contributed by atoms with van der Waals surface area (Å²) in [6, 6.07) is 0. The number of carbonyl (C=O) groups is 1. The van der Waals surface area contributed by atoms with Gasteiger partial charge in [0.1, 0.15) is 0 Å². The normalized spacial score (nSPS) is 12.6. The Kier molecular flexibility index (Phi) is 3.60. The Morgan fingerprint density at radius 1 is 1.64 bits per heavy atom. The van der Waals surface area contributed by atoms with Crippen molar-refractivity contribution in [1.82, 2.24) is 4.98 Å². The molecule has 1 heterocycles. The molecule has 0 saturated carbocycles. The molecular formula is C9H15N3OS. The van der Waals surface area contributed by atoms with Gasteiger partial charge in [0.15, 0.2) is 5.13 Å². The summed E-state index contributed by atoms with van der Waals surface area (Å²) in [7, 11) is 0. The highest BCUT2D eigenvalue weighted by atomic mass is 32.1. The molecule has 5 heteroatoms. The monoisotopic (exact) mass is 213 g/mol. The van der Waals surface area contributed by atoms with Crippen LogP contribution in [0, 0.1) is 19.8 Å². The summed E-state index contributed by atoms with van der Waals surface area (Å²) in [5, 5.41) is 3.40. The number of aromatic nitrogens is 1. The fourth-order valence-corrected chi connectivity index (χ4v) is 1.68. The first-order valence-electron chi connectivity index (χ1n) is 4.49. The van der Waals surface area contributed by atoms with Gasteiger partial charge in [-0.25, -0.2) is 4.98 Å². The Hall–Kier alpha value is -0.940. The van der Waals surface area contributed by atoms with Crippen LogP contribution in [0.5, 0.6) is 0 Å². The summed E-state index contributed by atoms with van der Waals surface area (Å²) in [4.78, 5) is 16.8. The first kappa shape index (κ1) is 11.1. The van der Waals surface area contributed by atoms with Gasteiger partial charge in [-0.15, -0.1) is 11.3 Å². The van der Waals surface area contributed by atoms with E-state index in [9.17, 15) is 4.79 Å². The van der Waals surface area contributed by atoms with Gasteiger partial charge in [0, 0.05) is 17.3 Å². The minimum atomic E-state index is -0.167. The average Bonchev–Trinajstić information content (AvgIpc) is 2.44. The molecular weight excluding hydrogens is 198 g/mol. The molecule has 0 spiro atoms. The Labute approximate surface area is 87.5 Å². The van der Waals surface area contributed by atoms with Gasteiger partial charge >= 0.3 is 0 Å². The number of hydrogen-bond donors (Lipinski definition) is 2. The largest absolute Gasteiger partial charge is 0.330 e. The van der Waals surface area contributed by atoms with E-state index in [0.717, 1.165) is 10.6 Å². The quantitative estimate of drug-likeness (QED) is 0.795. The van der Waals surface area contributed by atoms with Crippen LogP contribution >= 0.6 is 11.3 Å². The van der Waals surface area contributed by atoms with E-state index in [0.29, 0.717) is 11.7 Å². The molecule has 1 rings (SSSR count). The minimum absolute atomic E-state index is 0.0683. The van der Waals surface area contributed by atoms with E-state index < -0.39 is 0 Å². The first-order chi connectivity index (χ1) is 6.54. The second kappa shape index (κ2) is 4.52. The number of nitrogens with one attached hydrogen (secondary N) is 1. The van der Waals surface area contributed by atoms with Crippen molar-refractivity contribution in [3.8, 4) is 0 Å². The lowest BCUT2D eigenvalue weighted by Gasteiger charge is -2.06. The second-order valence-electron chi connectivity index (χ2n) is 3.29. The van der Waals surface area contributed by atoms with Crippen LogP contribution in [0.1, 0.15) is 17.5 Å². The van der Waals surface area contributed by atoms with E-state index in [1.54, 1.807) is 6.92 Å². The molecule has 0 saturated heterocycles. The van der Waals surface area contributed by atoms with Crippen molar-refractivity contribution < 1.29 is 4.79 Å². The maximum atomic E-state index is 11.4. The maximum absolute atomic E-state index is 11.4. The highest BCUT2D eigenvalue weighted by Gasteiger charge is 2.13. The van der Waals surface area contributed by atoms with Gasteiger partial charge in [0.2, 0.25) is 5.91 Å². The molecule has 0 aromatic carbocycles. The molecule has 1 atom stereocenters. The summed E-state index contributed by atoms with van der Waals surface area (Å²) >= 11 is 1.49. The molecule has 0 fully saturated rings. The number of nitrogens with zero attached hydrogens (tertiary/aromatic N) is 1. The van der Waals surface area contributed by atoms with E-state index in [1.807, 2.05) is 13.8 Å². The van der Waals surface area contributed by atoms with Crippen molar-refractivity contribution in [1.29, 1.82) is 0 Å². The number of thiazole rings is 1. The molecule has 0 aliphatic carbocycles. The molecule has 1 aromatic heterocycles. The summed E-state index contributed by atoms with van der Waals surface area (Å²) in [6.45, 7) is 6.06. The zero-order valence-electron chi connectivity index (χ0n) is 8.63. The van der Waals surface area contributed by atoms with Crippen molar-refractivity contribution in [3.63, 3.8) is 0 Å². The number of anilines is 1. The van der Waals surface area contributed by atoms with E-state index in [-0.39, 0.29) is 11.8 Å².